The molecule has 14 heavy (non-hydrogen) atoms. The third-order valence-electron chi connectivity index (χ3n) is 1.87. The lowest BCUT2D eigenvalue weighted by Gasteiger charge is -2.26. The standard InChI is InChI=1S/C10H18N4/c1-10(2,7-12-3)14-9-5-4-8(11)6-13-9/h4-6,12H,7,11H2,1-3H3,(H,13,14). The van der Waals surface area contributed by atoms with Gasteiger partial charge in [0.25, 0.3) is 0 Å². The van der Waals surface area contributed by atoms with Crippen LogP contribution in [0, 0.1) is 0 Å². The van der Waals surface area contributed by atoms with Gasteiger partial charge in [-0.2, -0.15) is 0 Å². The quantitative estimate of drug-likeness (QED) is 0.671. The lowest BCUT2D eigenvalue weighted by atomic mass is 10.1. The van der Waals surface area contributed by atoms with Gasteiger partial charge in [0.2, 0.25) is 0 Å². The number of anilines is 2. The summed E-state index contributed by atoms with van der Waals surface area (Å²) >= 11 is 0. The third kappa shape index (κ3) is 3.22. The molecule has 0 aliphatic heterocycles. The normalized spacial score (nSPS) is 11.4. The number of hydrogen-bond acceptors (Lipinski definition) is 4. The maximum atomic E-state index is 5.55. The lowest BCUT2D eigenvalue weighted by molar-refractivity contribution is 0.528. The number of rotatable bonds is 4. The van der Waals surface area contributed by atoms with E-state index in [2.05, 4.69) is 29.5 Å². The number of pyridine rings is 1. The van der Waals surface area contributed by atoms with Crippen molar-refractivity contribution in [1.82, 2.24) is 10.3 Å². The molecule has 0 spiro atoms. The number of nitrogens with two attached hydrogens (primary N) is 1. The van der Waals surface area contributed by atoms with E-state index in [1.54, 1.807) is 6.20 Å². The van der Waals surface area contributed by atoms with E-state index in [1.165, 1.54) is 0 Å². The molecule has 0 radical (unpaired) electrons. The first-order valence-corrected chi connectivity index (χ1v) is 4.68. The summed E-state index contributed by atoms with van der Waals surface area (Å²) in [7, 11) is 1.93. The number of hydrogen-bond donors (Lipinski definition) is 3. The van der Waals surface area contributed by atoms with E-state index in [4.69, 9.17) is 5.73 Å². The molecule has 0 bridgehead atoms. The van der Waals surface area contributed by atoms with Crippen molar-refractivity contribution in [2.24, 2.45) is 0 Å². The van der Waals surface area contributed by atoms with Gasteiger partial charge in [0, 0.05) is 12.1 Å². The highest BCUT2D eigenvalue weighted by Gasteiger charge is 2.16. The monoisotopic (exact) mass is 194 g/mol. The van der Waals surface area contributed by atoms with Crippen LogP contribution in [0.3, 0.4) is 0 Å². The molecular formula is C10H18N4. The Labute approximate surface area is 84.9 Å². The second kappa shape index (κ2) is 4.28. The fourth-order valence-electron chi connectivity index (χ4n) is 1.31. The zero-order valence-electron chi connectivity index (χ0n) is 8.96. The van der Waals surface area contributed by atoms with Crippen LogP contribution in [-0.4, -0.2) is 24.1 Å². The fraction of sp³-hybridized carbons (Fsp3) is 0.500. The number of nitrogen functional groups attached to an aromatic ring is 1. The fourth-order valence-corrected chi connectivity index (χ4v) is 1.31. The van der Waals surface area contributed by atoms with Crippen molar-refractivity contribution in [2.75, 3.05) is 24.6 Å². The molecular weight excluding hydrogens is 176 g/mol. The molecule has 0 amide bonds. The van der Waals surface area contributed by atoms with Gasteiger partial charge in [-0.3, -0.25) is 0 Å². The molecule has 1 heterocycles. The smallest absolute Gasteiger partial charge is 0.126 e. The van der Waals surface area contributed by atoms with Crippen LogP contribution in [0.5, 0.6) is 0 Å². The van der Waals surface area contributed by atoms with Crippen LogP contribution >= 0.6 is 0 Å². The van der Waals surface area contributed by atoms with Crippen LogP contribution in [-0.2, 0) is 0 Å². The molecule has 0 saturated carbocycles. The van der Waals surface area contributed by atoms with Crippen molar-refractivity contribution in [1.29, 1.82) is 0 Å². The minimum atomic E-state index is -0.0160. The average Bonchev–Trinajstić information content (AvgIpc) is 2.08. The predicted octanol–water partition coefficient (Wildman–Crippen LogP) is 1.07. The van der Waals surface area contributed by atoms with Crippen LogP contribution in [0.15, 0.2) is 18.3 Å². The maximum absolute atomic E-state index is 5.55. The Kier molecular flexibility index (Phi) is 3.30. The van der Waals surface area contributed by atoms with Gasteiger partial charge in [0.15, 0.2) is 0 Å². The first-order chi connectivity index (χ1) is 6.53. The Morgan fingerprint density at radius 1 is 1.43 bits per heavy atom. The molecule has 78 valence electrons. The summed E-state index contributed by atoms with van der Waals surface area (Å²) in [4.78, 5) is 4.18. The van der Waals surface area contributed by atoms with Gasteiger partial charge in [-0.25, -0.2) is 4.98 Å². The number of nitrogens with zero attached hydrogens (tertiary/aromatic N) is 1. The molecule has 4 N–H and O–H groups in total. The minimum Gasteiger partial charge on any atom is -0.397 e. The molecule has 1 rings (SSSR count). The van der Waals surface area contributed by atoms with Crippen LogP contribution in [0.2, 0.25) is 0 Å². The summed E-state index contributed by atoms with van der Waals surface area (Å²) in [6.45, 7) is 5.10. The molecule has 4 nitrogen and oxygen atoms in total. The Balaban J connectivity index is 2.64. The van der Waals surface area contributed by atoms with E-state index in [1.807, 2.05) is 19.2 Å². The van der Waals surface area contributed by atoms with Gasteiger partial charge in [-0.05, 0) is 33.0 Å². The highest BCUT2D eigenvalue weighted by Crippen LogP contribution is 2.12. The van der Waals surface area contributed by atoms with Crippen molar-refractivity contribution in [3.63, 3.8) is 0 Å². The van der Waals surface area contributed by atoms with Gasteiger partial charge < -0.3 is 16.4 Å². The van der Waals surface area contributed by atoms with Crippen molar-refractivity contribution in [2.45, 2.75) is 19.4 Å². The van der Waals surface area contributed by atoms with Crippen molar-refractivity contribution in [3.05, 3.63) is 18.3 Å². The molecule has 4 heteroatoms. The van der Waals surface area contributed by atoms with E-state index >= 15 is 0 Å². The maximum Gasteiger partial charge on any atom is 0.126 e. The van der Waals surface area contributed by atoms with E-state index < -0.39 is 0 Å². The summed E-state index contributed by atoms with van der Waals surface area (Å²) in [5, 5.41) is 6.44. The topological polar surface area (TPSA) is 63.0 Å². The summed E-state index contributed by atoms with van der Waals surface area (Å²) < 4.78 is 0. The van der Waals surface area contributed by atoms with E-state index in [0.29, 0.717) is 5.69 Å². The molecule has 0 unspecified atom stereocenters. The van der Waals surface area contributed by atoms with E-state index in [-0.39, 0.29) is 5.54 Å². The largest absolute Gasteiger partial charge is 0.397 e. The second-order valence-electron chi connectivity index (χ2n) is 4.02. The summed E-state index contributed by atoms with van der Waals surface area (Å²) in [6, 6.07) is 3.72. The molecule has 1 aromatic rings. The Morgan fingerprint density at radius 2 is 2.14 bits per heavy atom. The zero-order valence-corrected chi connectivity index (χ0v) is 8.96. The van der Waals surface area contributed by atoms with Gasteiger partial charge in [0.05, 0.1) is 11.9 Å². The van der Waals surface area contributed by atoms with Gasteiger partial charge in [-0.15, -0.1) is 0 Å². The van der Waals surface area contributed by atoms with Crippen LogP contribution in [0.1, 0.15) is 13.8 Å². The van der Waals surface area contributed by atoms with E-state index in [0.717, 1.165) is 12.4 Å². The first kappa shape index (κ1) is 10.8. The SMILES string of the molecule is CNCC(C)(C)Nc1ccc(N)cn1. The van der Waals surface area contributed by atoms with Crippen molar-refractivity contribution < 1.29 is 0 Å². The number of nitrogens with one attached hydrogen (secondary N) is 2. The van der Waals surface area contributed by atoms with Crippen molar-refractivity contribution >= 4 is 11.5 Å². The van der Waals surface area contributed by atoms with Gasteiger partial charge in [0.1, 0.15) is 5.82 Å². The number of aromatic nitrogens is 1. The Morgan fingerprint density at radius 3 is 2.64 bits per heavy atom. The van der Waals surface area contributed by atoms with Crippen LogP contribution in [0.4, 0.5) is 11.5 Å². The highest BCUT2D eigenvalue weighted by atomic mass is 15.1. The second-order valence-corrected chi connectivity index (χ2v) is 4.02. The van der Waals surface area contributed by atoms with Crippen LogP contribution < -0.4 is 16.4 Å². The molecule has 0 aliphatic carbocycles. The van der Waals surface area contributed by atoms with Crippen molar-refractivity contribution in [3.8, 4) is 0 Å². The van der Waals surface area contributed by atoms with Crippen LogP contribution in [0.25, 0.3) is 0 Å². The third-order valence-corrected chi connectivity index (χ3v) is 1.87. The molecule has 0 saturated heterocycles. The summed E-state index contributed by atoms with van der Waals surface area (Å²) in [5.41, 5.74) is 6.21. The summed E-state index contributed by atoms with van der Waals surface area (Å²) in [6.07, 6.45) is 1.65. The Bertz CT molecular complexity index is 279. The molecule has 0 aromatic carbocycles. The lowest BCUT2D eigenvalue weighted by Crippen LogP contribution is -2.40. The van der Waals surface area contributed by atoms with E-state index in [9.17, 15) is 0 Å². The highest BCUT2D eigenvalue weighted by molar-refractivity contribution is 5.45. The minimum absolute atomic E-state index is 0.0160. The predicted molar refractivity (Wildman–Crippen MR) is 60.3 cm³/mol. The number of likely N-dealkylation sites (N-methyl/N-ethyl adjacent to an activating group) is 1. The molecule has 0 fully saturated rings. The average molecular weight is 194 g/mol. The first-order valence-electron chi connectivity index (χ1n) is 4.68. The van der Waals surface area contributed by atoms with Gasteiger partial charge in [-0.1, -0.05) is 0 Å². The molecule has 0 atom stereocenters. The zero-order chi connectivity index (χ0) is 10.6. The Hall–Kier alpha value is -1.29. The molecule has 0 aliphatic rings. The summed E-state index contributed by atoms with van der Waals surface area (Å²) in [5.74, 6) is 0.847. The molecule has 1 aromatic heterocycles. The van der Waals surface area contributed by atoms with Gasteiger partial charge >= 0.3 is 0 Å².